The molecule has 0 aliphatic rings. The third kappa shape index (κ3) is 1.60. The second-order valence-corrected chi connectivity index (χ2v) is 3.35. The molecule has 0 fully saturated rings. The molecule has 0 unspecified atom stereocenters. The first-order valence-corrected chi connectivity index (χ1v) is 4.53. The SMILES string of the molecule is COc1nc2cc(C(F)(F)F)ccn2c1C. The standard InChI is InChI=1S/C10H9F3N2O/c1-6-9(16-2)14-8-5-7(10(11,12)13)3-4-15(6)8/h3-5H,1-2H3. The maximum absolute atomic E-state index is 12.4. The zero-order valence-corrected chi connectivity index (χ0v) is 8.67. The molecule has 3 nitrogen and oxygen atoms in total. The van der Waals surface area contributed by atoms with Gasteiger partial charge in [0.2, 0.25) is 5.88 Å². The number of aromatic nitrogens is 2. The van der Waals surface area contributed by atoms with Gasteiger partial charge in [-0.2, -0.15) is 18.2 Å². The monoisotopic (exact) mass is 230 g/mol. The Kier molecular flexibility index (Phi) is 2.29. The van der Waals surface area contributed by atoms with Crippen LogP contribution in [-0.4, -0.2) is 16.5 Å². The molecule has 0 aliphatic heterocycles. The number of alkyl halides is 3. The molecule has 0 aliphatic carbocycles. The summed E-state index contributed by atoms with van der Waals surface area (Å²) in [6, 6.07) is 2.01. The van der Waals surface area contributed by atoms with E-state index < -0.39 is 11.7 Å². The molecule has 16 heavy (non-hydrogen) atoms. The predicted molar refractivity (Wildman–Crippen MR) is 51.5 cm³/mol. The van der Waals surface area contributed by atoms with Crippen LogP contribution in [-0.2, 0) is 6.18 Å². The average Bonchev–Trinajstić information content (AvgIpc) is 2.54. The molecular weight excluding hydrogens is 221 g/mol. The lowest BCUT2D eigenvalue weighted by Crippen LogP contribution is -2.05. The Morgan fingerprint density at radius 3 is 2.62 bits per heavy atom. The molecular formula is C10H9F3N2O. The van der Waals surface area contributed by atoms with Crippen molar-refractivity contribution < 1.29 is 17.9 Å². The lowest BCUT2D eigenvalue weighted by molar-refractivity contribution is -0.137. The first-order chi connectivity index (χ1) is 7.43. The summed E-state index contributed by atoms with van der Waals surface area (Å²) in [6.07, 6.45) is -3.02. The Labute approximate surface area is 89.5 Å². The Hall–Kier alpha value is -1.72. The van der Waals surface area contributed by atoms with Crippen LogP contribution in [0.3, 0.4) is 0 Å². The second-order valence-electron chi connectivity index (χ2n) is 3.35. The minimum absolute atomic E-state index is 0.226. The number of halogens is 3. The molecule has 0 bridgehead atoms. The highest BCUT2D eigenvalue weighted by Gasteiger charge is 2.31. The van der Waals surface area contributed by atoms with Crippen molar-refractivity contribution in [1.82, 2.24) is 9.38 Å². The molecule has 0 amide bonds. The Balaban J connectivity index is 2.64. The quantitative estimate of drug-likeness (QED) is 0.752. The van der Waals surface area contributed by atoms with Gasteiger partial charge in [-0.15, -0.1) is 0 Å². The molecule has 2 heterocycles. The Bertz CT molecular complexity index is 531. The number of rotatable bonds is 1. The van der Waals surface area contributed by atoms with Gasteiger partial charge in [0.1, 0.15) is 5.65 Å². The van der Waals surface area contributed by atoms with E-state index >= 15 is 0 Å². The molecule has 0 spiro atoms. The first kappa shape index (κ1) is 10.8. The number of hydrogen-bond acceptors (Lipinski definition) is 2. The summed E-state index contributed by atoms with van der Waals surface area (Å²) in [5.74, 6) is 0.333. The van der Waals surface area contributed by atoms with Crippen LogP contribution in [0, 0.1) is 6.92 Å². The van der Waals surface area contributed by atoms with Gasteiger partial charge in [0.25, 0.3) is 0 Å². The fourth-order valence-corrected chi connectivity index (χ4v) is 1.52. The van der Waals surface area contributed by atoms with Crippen molar-refractivity contribution in [1.29, 1.82) is 0 Å². The molecule has 0 atom stereocenters. The number of hydrogen-bond donors (Lipinski definition) is 0. The minimum atomic E-state index is -4.35. The van der Waals surface area contributed by atoms with Crippen molar-refractivity contribution >= 4 is 5.65 Å². The van der Waals surface area contributed by atoms with Crippen molar-refractivity contribution in [3.8, 4) is 5.88 Å². The fraction of sp³-hybridized carbons (Fsp3) is 0.300. The molecule has 0 saturated carbocycles. The van der Waals surface area contributed by atoms with Crippen molar-refractivity contribution in [3.05, 3.63) is 29.6 Å². The van der Waals surface area contributed by atoms with E-state index in [0.29, 0.717) is 11.6 Å². The van der Waals surface area contributed by atoms with Gasteiger partial charge in [0.05, 0.1) is 18.4 Å². The summed E-state index contributed by atoms with van der Waals surface area (Å²) in [6.45, 7) is 1.73. The van der Waals surface area contributed by atoms with Gasteiger partial charge < -0.3 is 9.14 Å². The van der Waals surface area contributed by atoms with Crippen LogP contribution >= 0.6 is 0 Å². The van der Waals surface area contributed by atoms with E-state index in [0.717, 1.165) is 12.1 Å². The number of aryl methyl sites for hydroxylation is 1. The molecule has 0 aromatic carbocycles. The third-order valence-corrected chi connectivity index (χ3v) is 2.34. The zero-order valence-electron chi connectivity index (χ0n) is 8.67. The molecule has 0 N–H and O–H groups in total. The summed E-state index contributed by atoms with van der Waals surface area (Å²) in [5.41, 5.74) is 0.183. The number of pyridine rings is 1. The number of methoxy groups -OCH3 is 1. The fourth-order valence-electron chi connectivity index (χ4n) is 1.52. The molecule has 0 radical (unpaired) electrons. The van der Waals surface area contributed by atoms with Crippen LogP contribution in [0.2, 0.25) is 0 Å². The summed E-state index contributed by atoms with van der Waals surface area (Å²) in [5, 5.41) is 0. The van der Waals surface area contributed by atoms with Crippen LogP contribution < -0.4 is 4.74 Å². The number of ether oxygens (including phenoxy) is 1. The van der Waals surface area contributed by atoms with E-state index in [2.05, 4.69) is 4.98 Å². The van der Waals surface area contributed by atoms with Crippen LogP contribution in [0.1, 0.15) is 11.3 Å². The average molecular weight is 230 g/mol. The maximum Gasteiger partial charge on any atom is 0.416 e. The molecule has 6 heteroatoms. The van der Waals surface area contributed by atoms with Crippen LogP contribution in [0.25, 0.3) is 5.65 Å². The maximum atomic E-state index is 12.4. The van der Waals surface area contributed by atoms with Gasteiger partial charge in [-0.25, -0.2) is 0 Å². The third-order valence-electron chi connectivity index (χ3n) is 2.34. The lowest BCUT2D eigenvalue weighted by Gasteiger charge is -2.06. The van der Waals surface area contributed by atoms with Crippen LogP contribution in [0.4, 0.5) is 13.2 Å². The van der Waals surface area contributed by atoms with Crippen molar-refractivity contribution in [2.45, 2.75) is 13.1 Å². The largest absolute Gasteiger partial charge is 0.480 e. The zero-order chi connectivity index (χ0) is 11.9. The van der Waals surface area contributed by atoms with Gasteiger partial charge >= 0.3 is 6.18 Å². The number of fused-ring (bicyclic) bond motifs is 1. The van der Waals surface area contributed by atoms with Crippen molar-refractivity contribution in [2.24, 2.45) is 0 Å². The van der Waals surface area contributed by atoms with Crippen LogP contribution in [0.15, 0.2) is 18.3 Å². The minimum Gasteiger partial charge on any atom is -0.480 e. The summed E-state index contributed by atoms with van der Waals surface area (Å²) in [7, 11) is 1.43. The Morgan fingerprint density at radius 1 is 1.38 bits per heavy atom. The summed E-state index contributed by atoms with van der Waals surface area (Å²) >= 11 is 0. The van der Waals surface area contributed by atoms with E-state index in [1.165, 1.54) is 13.3 Å². The first-order valence-electron chi connectivity index (χ1n) is 4.53. The number of nitrogens with zero attached hydrogens (tertiary/aromatic N) is 2. The summed E-state index contributed by atoms with van der Waals surface area (Å²) < 4.78 is 43.8. The van der Waals surface area contributed by atoms with Crippen LogP contribution in [0.5, 0.6) is 5.88 Å². The molecule has 86 valence electrons. The normalized spacial score (nSPS) is 12.1. The van der Waals surface area contributed by atoms with E-state index in [-0.39, 0.29) is 5.65 Å². The van der Waals surface area contributed by atoms with Crippen molar-refractivity contribution in [3.63, 3.8) is 0 Å². The van der Waals surface area contributed by atoms with Gasteiger partial charge in [-0.05, 0) is 19.1 Å². The highest BCUT2D eigenvalue weighted by Crippen LogP contribution is 2.30. The predicted octanol–water partition coefficient (Wildman–Crippen LogP) is 2.67. The molecule has 2 rings (SSSR count). The van der Waals surface area contributed by atoms with E-state index in [9.17, 15) is 13.2 Å². The van der Waals surface area contributed by atoms with E-state index in [1.54, 1.807) is 11.3 Å². The highest BCUT2D eigenvalue weighted by molar-refractivity contribution is 5.48. The highest BCUT2D eigenvalue weighted by atomic mass is 19.4. The van der Waals surface area contributed by atoms with Gasteiger partial charge in [0, 0.05) is 6.20 Å². The number of imidazole rings is 1. The molecule has 2 aromatic rings. The molecule has 0 saturated heterocycles. The summed E-state index contributed by atoms with van der Waals surface area (Å²) in [4.78, 5) is 3.95. The van der Waals surface area contributed by atoms with Gasteiger partial charge in [-0.3, -0.25) is 0 Å². The van der Waals surface area contributed by atoms with Crippen molar-refractivity contribution in [2.75, 3.05) is 7.11 Å². The molecule has 2 aromatic heterocycles. The second kappa shape index (κ2) is 3.40. The van der Waals surface area contributed by atoms with Gasteiger partial charge in [-0.1, -0.05) is 0 Å². The van der Waals surface area contributed by atoms with Gasteiger partial charge in [0.15, 0.2) is 0 Å². The Morgan fingerprint density at radius 2 is 2.06 bits per heavy atom. The topological polar surface area (TPSA) is 26.5 Å². The smallest absolute Gasteiger partial charge is 0.416 e. The van der Waals surface area contributed by atoms with E-state index in [1.807, 2.05) is 0 Å². The lowest BCUT2D eigenvalue weighted by atomic mass is 10.2. The van der Waals surface area contributed by atoms with E-state index in [4.69, 9.17) is 4.74 Å².